The molecule has 1 fully saturated rings. The summed E-state index contributed by atoms with van der Waals surface area (Å²) in [6.45, 7) is 2.10. The zero-order valence-electron chi connectivity index (χ0n) is 12.1. The van der Waals surface area contributed by atoms with Crippen LogP contribution in [0.5, 0.6) is 0 Å². The van der Waals surface area contributed by atoms with Crippen LogP contribution < -0.4 is 0 Å². The van der Waals surface area contributed by atoms with E-state index in [1.54, 1.807) is 10.9 Å². The van der Waals surface area contributed by atoms with Crippen LogP contribution in [0.4, 0.5) is 0 Å². The van der Waals surface area contributed by atoms with E-state index in [9.17, 15) is 9.59 Å². The number of aromatic nitrogens is 2. The Balaban J connectivity index is 1.77. The number of hydrogen-bond donors (Lipinski definition) is 0. The Bertz CT molecular complexity index is 680. The van der Waals surface area contributed by atoms with E-state index in [4.69, 9.17) is 9.47 Å². The summed E-state index contributed by atoms with van der Waals surface area (Å²) in [5.41, 5.74) is 1.42. The second kappa shape index (κ2) is 6.01. The first-order valence-corrected chi connectivity index (χ1v) is 7.08. The molecule has 2 heterocycles. The normalized spacial score (nSPS) is 18.8. The molecule has 2 atom stereocenters. The maximum absolute atomic E-state index is 12.3. The van der Waals surface area contributed by atoms with Crippen molar-refractivity contribution in [3.63, 3.8) is 0 Å². The number of carbonyl (C=O) groups is 2. The first-order chi connectivity index (χ1) is 10.6. The molecule has 0 radical (unpaired) electrons. The molecule has 0 bridgehead atoms. The van der Waals surface area contributed by atoms with Crippen LogP contribution in [0, 0.1) is 0 Å². The summed E-state index contributed by atoms with van der Waals surface area (Å²) in [5.74, 6) is -0.840. The van der Waals surface area contributed by atoms with Gasteiger partial charge in [0, 0.05) is 0 Å². The standard InChI is InChI=1S/C16H16N2O4/c1-11(12-5-3-2-4-6-12)18-10-17-8-14(18)16(20)22-13-7-15(19)21-9-13/h2-6,8,10-11,13H,7,9H2,1H3/t11-,13+/m1/s1. The molecule has 2 aromatic rings. The fourth-order valence-electron chi connectivity index (χ4n) is 2.44. The predicted molar refractivity (Wildman–Crippen MR) is 77.3 cm³/mol. The van der Waals surface area contributed by atoms with Crippen molar-refractivity contribution in [2.75, 3.05) is 6.61 Å². The van der Waals surface area contributed by atoms with E-state index >= 15 is 0 Å². The zero-order chi connectivity index (χ0) is 15.5. The minimum Gasteiger partial charge on any atom is -0.462 e. The highest BCUT2D eigenvalue weighted by Crippen LogP contribution is 2.21. The van der Waals surface area contributed by atoms with E-state index in [1.165, 1.54) is 6.20 Å². The van der Waals surface area contributed by atoms with Gasteiger partial charge in [-0.2, -0.15) is 0 Å². The molecular formula is C16H16N2O4. The smallest absolute Gasteiger partial charge is 0.357 e. The molecule has 1 aliphatic heterocycles. The second-order valence-electron chi connectivity index (χ2n) is 5.19. The van der Waals surface area contributed by atoms with Crippen molar-refractivity contribution < 1.29 is 19.1 Å². The predicted octanol–water partition coefficient (Wildman–Crippen LogP) is 1.96. The lowest BCUT2D eigenvalue weighted by atomic mass is 10.1. The number of esters is 2. The molecule has 0 N–H and O–H groups in total. The lowest BCUT2D eigenvalue weighted by Crippen LogP contribution is -2.21. The van der Waals surface area contributed by atoms with E-state index in [1.807, 2.05) is 37.3 Å². The number of carbonyl (C=O) groups excluding carboxylic acids is 2. The van der Waals surface area contributed by atoms with Gasteiger partial charge in [-0.05, 0) is 12.5 Å². The van der Waals surface area contributed by atoms with Crippen molar-refractivity contribution in [1.82, 2.24) is 9.55 Å². The van der Waals surface area contributed by atoms with Crippen molar-refractivity contribution in [3.05, 3.63) is 54.1 Å². The fourth-order valence-corrected chi connectivity index (χ4v) is 2.44. The topological polar surface area (TPSA) is 70.4 Å². The summed E-state index contributed by atoms with van der Waals surface area (Å²) in [7, 11) is 0. The fraction of sp³-hybridized carbons (Fsp3) is 0.312. The van der Waals surface area contributed by atoms with Crippen LogP contribution >= 0.6 is 0 Å². The summed E-state index contributed by atoms with van der Waals surface area (Å²) in [5, 5.41) is 0. The van der Waals surface area contributed by atoms with Gasteiger partial charge in [0.25, 0.3) is 0 Å². The SMILES string of the molecule is C[C@H](c1ccccc1)n1cncc1C(=O)O[C@@H]1COC(=O)C1. The summed E-state index contributed by atoms with van der Waals surface area (Å²) in [6, 6.07) is 9.76. The van der Waals surface area contributed by atoms with Crippen LogP contribution in [0.3, 0.4) is 0 Å². The van der Waals surface area contributed by atoms with Crippen molar-refractivity contribution in [1.29, 1.82) is 0 Å². The quantitative estimate of drug-likeness (QED) is 0.807. The molecule has 0 unspecified atom stereocenters. The van der Waals surface area contributed by atoms with Gasteiger partial charge in [0.15, 0.2) is 0 Å². The van der Waals surface area contributed by atoms with Crippen molar-refractivity contribution in [3.8, 4) is 0 Å². The number of cyclic esters (lactones) is 1. The minimum absolute atomic E-state index is 0.0484. The monoisotopic (exact) mass is 300 g/mol. The van der Waals surface area contributed by atoms with Crippen LogP contribution in [0.25, 0.3) is 0 Å². The summed E-state index contributed by atoms with van der Waals surface area (Å²) in [4.78, 5) is 27.4. The molecule has 0 aliphatic carbocycles. The number of imidazole rings is 1. The van der Waals surface area contributed by atoms with Crippen LogP contribution in [-0.2, 0) is 14.3 Å². The third-order valence-electron chi connectivity index (χ3n) is 3.67. The van der Waals surface area contributed by atoms with Crippen LogP contribution in [0.2, 0.25) is 0 Å². The molecular weight excluding hydrogens is 284 g/mol. The van der Waals surface area contributed by atoms with Gasteiger partial charge < -0.3 is 14.0 Å². The van der Waals surface area contributed by atoms with Gasteiger partial charge in [-0.25, -0.2) is 9.78 Å². The molecule has 1 aromatic heterocycles. The molecule has 114 valence electrons. The van der Waals surface area contributed by atoms with Crippen molar-refractivity contribution in [2.45, 2.75) is 25.5 Å². The maximum Gasteiger partial charge on any atom is 0.357 e. The lowest BCUT2D eigenvalue weighted by Gasteiger charge is -2.17. The maximum atomic E-state index is 12.3. The van der Waals surface area contributed by atoms with Gasteiger partial charge >= 0.3 is 11.9 Å². The van der Waals surface area contributed by atoms with Gasteiger partial charge in [0.1, 0.15) is 18.4 Å². The van der Waals surface area contributed by atoms with Crippen LogP contribution in [0.1, 0.15) is 35.4 Å². The van der Waals surface area contributed by atoms with E-state index in [2.05, 4.69) is 4.98 Å². The highest BCUT2D eigenvalue weighted by atomic mass is 16.6. The molecule has 6 heteroatoms. The van der Waals surface area contributed by atoms with Crippen molar-refractivity contribution in [2.24, 2.45) is 0 Å². The number of hydrogen-bond acceptors (Lipinski definition) is 5. The van der Waals surface area contributed by atoms with Gasteiger partial charge in [-0.1, -0.05) is 30.3 Å². The van der Waals surface area contributed by atoms with E-state index in [0.717, 1.165) is 5.56 Å². The molecule has 6 nitrogen and oxygen atoms in total. The molecule has 0 saturated carbocycles. The number of nitrogens with zero attached hydrogens (tertiary/aromatic N) is 2. The Labute approximate surface area is 127 Å². The second-order valence-corrected chi connectivity index (χ2v) is 5.19. The van der Waals surface area contributed by atoms with E-state index < -0.39 is 12.1 Å². The summed E-state index contributed by atoms with van der Waals surface area (Å²) in [6.07, 6.45) is 2.66. The first kappa shape index (κ1) is 14.3. The Morgan fingerprint density at radius 3 is 2.86 bits per heavy atom. The van der Waals surface area contributed by atoms with Gasteiger partial charge in [0.2, 0.25) is 0 Å². The van der Waals surface area contributed by atoms with E-state index in [-0.39, 0.29) is 25.0 Å². The molecule has 1 aliphatic rings. The lowest BCUT2D eigenvalue weighted by molar-refractivity contribution is -0.137. The highest BCUT2D eigenvalue weighted by Gasteiger charge is 2.29. The average molecular weight is 300 g/mol. The van der Waals surface area contributed by atoms with Gasteiger partial charge in [0.05, 0.1) is 25.0 Å². The Kier molecular flexibility index (Phi) is 3.91. The van der Waals surface area contributed by atoms with E-state index in [0.29, 0.717) is 5.69 Å². The number of rotatable bonds is 4. The van der Waals surface area contributed by atoms with Crippen LogP contribution in [0.15, 0.2) is 42.9 Å². The largest absolute Gasteiger partial charge is 0.462 e. The third-order valence-corrected chi connectivity index (χ3v) is 3.67. The Morgan fingerprint density at radius 2 is 2.18 bits per heavy atom. The molecule has 1 aromatic carbocycles. The highest BCUT2D eigenvalue weighted by molar-refractivity contribution is 5.88. The number of ether oxygens (including phenoxy) is 2. The van der Waals surface area contributed by atoms with Crippen LogP contribution in [-0.4, -0.2) is 34.2 Å². The Hall–Kier alpha value is -2.63. The third kappa shape index (κ3) is 2.86. The van der Waals surface area contributed by atoms with Gasteiger partial charge in [-0.15, -0.1) is 0 Å². The van der Waals surface area contributed by atoms with Gasteiger partial charge in [-0.3, -0.25) is 4.79 Å². The zero-order valence-corrected chi connectivity index (χ0v) is 12.1. The minimum atomic E-state index is -0.518. The summed E-state index contributed by atoms with van der Waals surface area (Å²) >= 11 is 0. The average Bonchev–Trinajstić information content (AvgIpc) is 3.16. The first-order valence-electron chi connectivity index (χ1n) is 7.08. The summed E-state index contributed by atoms with van der Waals surface area (Å²) < 4.78 is 11.9. The molecule has 3 rings (SSSR count). The molecule has 1 saturated heterocycles. The molecule has 22 heavy (non-hydrogen) atoms. The number of benzene rings is 1. The Morgan fingerprint density at radius 1 is 1.41 bits per heavy atom. The molecule has 0 spiro atoms. The van der Waals surface area contributed by atoms with Crippen molar-refractivity contribution >= 4 is 11.9 Å². The molecule has 0 amide bonds.